The summed E-state index contributed by atoms with van der Waals surface area (Å²) in [6.07, 6.45) is 0. The maximum Gasteiger partial charge on any atom is 0.347 e. The summed E-state index contributed by atoms with van der Waals surface area (Å²) in [5.74, 6) is 0.283. The summed E-state index contributed by atoms with van der Waals surface area (Å²) in [7, 11) is 0. The van der Waals surface area contributed by atoms with Gasteiger partial charge in [0.25, 0.3) is 0 Å². The van der Waals surface area contributed by atoms with Gasteiger partial charge in [0, 0.05) is 10.6 Å². The van der Waals surface area contributed by atoms with Gasteiger partial charge in [0.15, 0.2) is 0 Å². The van der Waals surface area contributed by atoms with Gasteiger partial charge in [-0.05, 0) is 42.8 Å². The second-order valence-electron chi connectivity index (χ2n) is 4.34. The quantitative estimate of drug-likeness (QED) is 0.676. The second kappa shape index (κ2) is 4.52. The molecule has 94 valence electrons. The van der Waals surface area contributed by atoms with E-state index in [9.17, 15) is 4.79 Å². The number of aromatic nitrogens is 1. The van der Waals surface area contributed by atoms with Crippen LogP contribution in [0.4, 0.5) is 0 Å². The number of hydrogen-bond donors (Lipinski definition) is 0. The minimum Gasteiger partial charge on any atom is -0.403 e. The Morgan fingerprint density at radius 1 is 1.16 bits per heavy atom. The SMILES string of the molecule is Cc1ccc2c(=O)oc(-c3cccc(Cl)c3)nc2c1. The molecule has 0 amide bonds. The lowest BCUT2D eigenvalue weighted by Gasteiger charge is -2.02. The van der Waals surface area contributed by atoms with Crippen LogP contribution in [0.25, 0.3) is 22.4 Å². The molecule has 3 nitrogen and oxygen atoms in total. The van der Waals surface area contributed by atoms with Crippen LogP contribution in [0.15, 0.2) is 51.7 Å². The van der Waals surface area contributed by atoms with E-state index in [1.807, 2.05) is 19.1 Å². The highest BCUT2D eigenvalue weighted by Gasteiger charge is 2.08. The molecule has 1 heterocycles. The van der Waals surface area contributed by atoms with Gasteiger partial charge in [0.2, 0.25) is 5.89 Å². The maximum absolute atomic E-state index is 11.9. The van der Waals surface area contributed by atoms with Crippen molar-refractivity contribution in [3.05, 3.63) is 63.5 Å². The molecule has 0 saturated heterocycles. The Balaban J connectivity index is 2.28. The van der Waals surface area contributed by atoms with E-state index in [1.54, 1.807) is 30.3 Å². The minimum absolute atomic E-state index is 0.283. The fourth-order valence-electron chi connectivity index (χ4n) is 1.93. The van der Waals surface area contributed by atoms with Gasteiger partial charge in [-0.3, -0.25) is 0 Å². The molecule has 19 heavy (non-hydrogen) atoms. The van der Waals surface area contributed by atoms with Crippen molar-refractivity contribution < 1.29 is 4.42 Å². The largest absolute Gasteiger partial charge is 0.403 e. The van der Waals surface area contributed by atoms with Crippen molar-refractivity contribution in [1.82, 2.24) is 4.98 Å². The molecule has 3 rings (SSSR count). The van der Waals surface area contributed by atoms with Crippen molar-refractivity contribution in [2.75, 3.05) is 0 Å². The van der Waals surface area contributed by atoms with E-state index >= 15 is 0 Å². The molecule has 3 aromatic rings. The topological polar surface area (TPSA) is 43.1 Å². The Morgan fingerprint density at radius 3 is 2.79 bits per heavy atom. The van der Waals surface area contributed by atoms with Gasteiger partial charge < -0.3 is 4.42 Å². The lowest BCUT2D eigenvalue weighted by molar-refractivity contribution is 0.518. The molecular formula is C15H10ClNO2. The summed E-state index contributed by atoms with van der Waals surface area (Å²) in [4.78, 5) is 16.3. The van der Waals surface area contributed by atoms with E-state index in [0.717, 1.165) is 5.56 Å². The van der Waals surface area contributed by atoms with E-state index < -0.39 is 0 Å². The maximum atomic E-state index is 11.9. The zero-order valence-corrected chi connectivity index (χ0v) is 10.9. The number of nitrogens with zero attached hydrogens (tertiary/aromatic N) is 1. The number of halogens is 1. The molecule has 0 bridgehead atoms. The van der Waals surface area contributed by atoms with Gasteiger partial charge in [-0.25, -0.2) is 9.78 Å². The first-order valence-electron chi connectivity index (χ1n) is 5.81. The van der Waals surface area contributed by atoms with Crippen LogP contribution < -0.4 is 5.63 Å². The van der Waals surface area contributed by atoms with Crippen LogP contribution in [-0.2, 0) is 0 Å². The normalized spacial score (nSPS) is 10.8. The summed E-state index contributed by atoms with van der Waals surface area (Å²) in [6, 6.07) is 12.5. The van der Waals surface area contributed by atoms with Crippen molar-refractivity contribution in [3.63, 3.8) is 0 Å². The Hall–Kier alpha value is -2.13. The molecule has 0 N–H and O–H groups in total. The molecule has 0 fully saturated rings. The predicted octanol–water partition coefficient (Wildman–Crippen LogP) is 3.82. The average Bonchev–Trinajstić information content (AvgIpc) is 2.38. The molecule has 0 saturated carbocycles. The van der Waals surface area contributed by atoms with Crippen LogP contribution in [0.5, 0.6) is 0 Å². The zero-order valence-electron chi connectivity index (χ0n) is 10.2. The molecule has 0 aliphatic rings. The first kappa shape index (κ1) is 11.9. The zero-order chi connectivity index (χ0) is 13.4. The van der Waals surface area contributed by atoms with Gasteiger partial charge >= 0.3 is 5.63 Å². The summed E-state index contributed by atoms with van der Waals surface area (Å²) in [5, 5.41) is 1.06. The van der Waals surface area contributed by atoms with Gasteiger partial charge in [-0.1, -0.05) is 23.7 Å². The molecule has 0 radical (unpaired) electrons. The predicted molar refractivity (Wildman–Crippen MR) is 75.5 cm³/mol. The first-order chi connectivity index (χ1) is 9.13. The third kappa shape index (κ3) is 2.25. The van der Waals surface area contributed by atoms with E-state index in [2.05, 4.69) is 4.98 Å². The van der Waals surface area contributed by atoms with Gasteiger partial charge in [0.05, 0.1) is 10.9 Å². The highest BCUT2D eigenvalue weighted by atomic mass is 35.5. The fraction of sp³-hybridized carbons (Fsp3) is 0.0667. The van der Waals surface area contributed by atoms with Crippen LogP contribution in [0.3, 0.4) is 0 Å². The molecule has 0 unspecified atom stereocenters. The number of aryl methyl sites for hydroxylation is 1. The third-order valence-electron chi connectivity index (χ3n) is 2.86. The highest BCUT2D eigenvalue weighted by Crippen LogP contribution is 2.22. The van der Waals surface area contributed by atoms with E-state index in [0.29, 0.717) is 21.5 Å². The van der Waals surface area contributed by atoms with Crippen LogP contribution in [0, 0.1) is 6.92 Å². The fourth-order valence-corrected chi connectivity index (χ4v) is 2.12. The monoisotopic (exact) mass is 271 g/mol. The number of rotatable bonds is 1. The number of hydrogen-bond acceptors (Lipinski definition) is 3. The van der Waals surface area contributed by atoms with Gasteiger partial charge in [-0.15, -0.1) is 0 Å². The van der Waals surface area contributed by atoms with Crippen LogP contribution in [0.1, 0.15) is 5.56 Å². The van der Waals surface area contributed by atoms with Crippen molar-refractivity contribution in [2.45, 2.75) is 6.92 Å². The van der Waals surface area contributed by atoms with Crippen LogP contribution in [-0.4, -0.2) is 4.98 Å². The van der Waals surface area contributed by atoms with Gasteiger partial charge in [-0.2, -0.15) is 0 Å². The molecule has 0 aliphatic carbocycles. The summed E-state index contributed by atoms with van der Waals surface area (Å²) in [6.45, 7) is 1.95. The average molecular weight is 272 g/mol. The standard InChI is InChI=1S/C15H10ClNO2/c1-9-5-6-12-13(7-9)17-14(19-15(12)18)10-3-2-4-11(16)8-10/h2-8H,1H3. The molecule has 0 atom stereocenters. The summed E-state index contributed by atoms with van der Waals surface area (Å²) in [5.41, 5.74) is 1.97. The molecule has 0 spiro atoms. The smallest absolute Gasteiger partial charge is 0.347 e. The number of fused-ring (bicyclic) bond motifs is 1. The first-order valence-corrected chi connectivity index (χ1v) is 6.19. The van der Waals surface area contributed by atoms with Crippen LogP contribution in [0.2, 0.25) is 5.02 Å². The van der Waals surface area contributed by atoms with Crippen molar-refractivity contribution in [2.24, 2.45) is 0 Å². The second-order valence-corrected chi connectivity index (χ2v) is 4.77. The molecule has 1 aromatic heterocycles. The van der Waals surface area contributed by atoms with E-state index in [1.165, 1.54) is 0 Å². The Kier molecular flexibility index (Phi) is 2.84. The van der Waals surface area contributed by atoms with Gasteiger partial charge in [0.1, 0.15) is 0 Å². The third-order valence-corrected chi connectivity index (χ3v) is 3.09. The molecule has 0 aliphatic heterocycles. The van der Waals surface area contributed by atoms with E-state index in [4.69, 9.17) is 16.0 Å². The molecule has 2 aromatic carbocycles. The summed E-state index contributed by atoms with van der Waals surface area (Å²) < 4.78 is 5.25. The molecular weight excluding hydrogens is 262 g/mol. The van der Waals surface area contributed by atoms with E-state index in [-0.39, 0.29) is 11.5 Å². The van der Waals surface area contributed by atoms with Crippen molar-refractivity contribution in [1.29, 1.82) is 0 Å². The lowest BCUT2D eigenvalue weighted by atomic mass is 10.1. The Morgan fingerprint density at radius 2 is 2.00 bits per heavy atom. The lowest BCUT2D eigenvalue weighted by Crippen LogP contribution is -2.03. The summed E-state index contributed by atoms with van der Waals surface area (Å²) >= 11 is 5.93. The Bertz CT molecular complexity index is 824. The van der Waals surface area contributed by atoms with Crippen LogP contribution >= 0.6 is 11.6 Å². The number of benzene rings is 2. The Labute approximate surface area is 114 Å². The highest BCUT2D eigenvalue weighted by molar-refractivity contribution is 6.30. The van der Waals surface area contributed by atoms with Crippen molar-refractivity contribution in [3.8, 4) is 11.5 Å². The molecule has 4 heteroatoms. The minimum atomic E-state index is -0.389. The van der Waals surface area contributed by atoms with Crippen molar-refractivity contribution >= 4 is 22.5 Å².